The third-order valence-corrected chi connectivity index (χ3v) is 5.40. The predicted octanol–water partition coefficient (Wildman–Crippen LogP) is 2.35. The molecule has 10 heteroatoms. The van der Waals surface area contributed by atoms with Crippen molar-refractivity contribution >= 4 is 33.3 Å². The zero-order valence-corrected chi connectivity index (χ0v) is 16.7. The van der Waals surface area contributed by atoms with Crippen LogP contribution in [0, 0.1) is 0 Å². The number of aromatic nitrogens is 4. The first-order valence-electron chi connectivity index (χ1n) is 9.24. The Morgan fingerprint density at radius 1 is 1.17 bits per heavy atom. The van der Waals surface area contributed by atoms with Gasteiger partial charge in [0.25, 0.3) is 5.91 Å². The second-order valence-corrected chi connectivity index (χ2v) is 7.56. The Morgan fingerprint density at radius 2 is 2.00 bits per heavy atom. The van der Waals surface area contributed by atoms with Crippen LogP contribution >= 0.6 is 11.3 Å². The van der Waals surface area contributed by atoms with Gasteiger partial charge in [-0.25, -0.2) is 0 Å². The van der Waals surface area contributed by atoms with Gasteiger partial charge in [0.15, 0.2) is 11.9 Å². The van der Waals surface area contributed by atoms with E-state index in [-0.39, 0.29) is 11.9 Å². The van der Waals surface area contributed by atoms with E-state index in [2.05, 4.69) is 35.9 Å². The normalized spacial score (nSPS) is 17.1. The number of methoxy groups -OCH3 is 1. The summed E-state index contributed by atoms with van der Waals surface area (Å²) in [5.41, 5.74) is 0.783. The fraction of sp³-hybridized carbons (Fsp3) is 0.316. The van der Waals surface area contributed by atoms with E-state index in [4.69, 9.17) is 4.74 Å². The van der Waals surface area contributed by atoms with E-state index in [1.807, 2.05) is 42.5 Å². The topological polar surface area (TPSA) is 105 Å². The van der Waals surface area contributed by atoms with Gasteiger partial charge >= 0.3 is 0 Å². The quantitative estimate of drug-likeness (QED) is 0.610. The highest BCUT2D eigenvalue weighted by molar-refractivity contribution is 7.19. The highest BCUT2D eigenvalue weighted by Crippen LogP contribution is 2.26. The smallest absolute Gasteiger partial charge is 0.259 e. The summed E-state index contributed by atoms with van der Waals surface area (Å²) in [7, 11) is 1.51. The lowest BCUT2D eigenvalue weighted by atomic mass is 10.1. The number of nitrogens with one attached hydrogen (secondary N) is 2. The maximum Gasteiger partial charge on any atom is 0.259 e. The van der Waals surface area contributed by atoms with Crippen LogP contribution in [0.2, 0.25) is 0 Å². The number of hydrogen-bond donors (Lipinski definition) is 2. The highest BCUT2D eigenvalue weighted by Gasteiger charge is 2.25. The van der Waals surface area contributed by atoms with Gasteiger partial charge in [-0.1, -0.05) is 41.7 Å². The molecule has 1 aliphatic rings. The first-order chi connectivity index (χ1) is 14.2. The van der Waals surface area contributed by atoms with Crippen LogP contribution in [-0.4, -0.2) is 52.5 Å². The average Bonchev–Trinajstić information content (AvgIpc) is 3.40. The summed E-state index contributed by atoms with van der Waals surface area (Å²) in [6.45, 7) is 1.70. The maximum absolute atomic E-state index is 12.6. The molecule has 1 aromatic carbocycles. The van der Waals surface area contributed by atoms with Crippen LogP contribution in [0.3, 0.4) is 0 Å². The maximum atomic E-state index is 12.6. The Morgan fingerprint density at radius 3 is 2.76 bits per heavy atom. The molecule has 2 unspecified atom stereocenters. The molecule has 0 bridgehead atoms. The second kappa shape index (κ2) is 8.93. The number of rotatable bonds is 7. The molecule has 3 aromatic rings. The Kier molecular flexibility index (Phi) is 5.92. The van der Waals surface area contributed by atoms with Crippen molar-refractivity contribution in [2.75, 3.05) is 35.7 Å². The molecule has 1 aliphatic heterocycles. The monoisotopic (exact) mass is 411 g/mol. The second-order valence-electron chi connectivity index (χ2n) is 6.59. The van der Waals surface area contributed by atoms with Gasteiger partial charge in [-0.05, 0) is 24.1 Å². The molecule has 9 nitrogen and oxygen atoms in total. The van der Waals surface area contributed by atoms with E-state index in [1.54, 1.807) is 6.20 Å². The van der Waals surface area contributed by atoms with Crippen molar-refractivity contribution in [2.24, 2.45) is 0 Å². The van der Waals surface area contributed by atoms with E-state index in [0.29, 0.717) is 10.3 Å². The molecule has 150 valence electrons. The predicted molar refractivity (Wildman–Crippen MR) is 111 cm³/mol. The molecule has 4 rings (SSSR count). The minimum Gasteiger partial charge on any atom is -0.367 e. The largest absolute Gasteiger partial charge is 0.367 e. The van der Waals surface area contributed by atoms with Gasteiger partial charge in [-0.3, -0.25) is 10.1 Å². The van der Waals surface area contributed by atoms with Crippen molar-refractivity contribution in [3.63, 3.8) is 0 Å². The minimum atomic E-state index is -0.702. The van der Waals surface area contributed by atoms with Gasteiger partial charge in [0.1, 0.15) is 0 Å². The molecule has 0 aliphatic carbocycles. The van der Waals surface area contributed by atoms with Gasteiger partial charge in [-0.2, -0.15) is 5.10 Å². The van der Waals surface area contributed by atoms with Gasteiger partial charge in [-0.15, -0.1) is 15.3 Å². The molecule has 1 fully saturated rings. The zero-order valence-electron chi connectivity index (χ0n) is 15.9. The van der Waals surface area contributed by atoms with Crippen LogP contribution in [0.15, 0.2) is 48.7 Å². The summed E-state index contributed by atoms with van der Waals surface area (Å²) >= 11 is 1.30. The van der Waals surface area contributed by atoms with Gasteiger partial charge in [0, 0.05) is 32.4 Å². The molecule has 2 N–H and O–H groups in total. The molecule has 0 radical (unpaired) electrons. The van der Waals surface area contributed by atoms with Crippen LogP contribution < -0.4 is 15.5 Å². The summed E-state index contributed by atoms with van der Waals surface area (Å²) in [6.07, 6.45) is 1.92. The Bertz CT molecular complexity index is 938. The Hall–Kier alpha value is -3.11. The molecule has 2 aromatic heterocycles. The fourth-order valence-electron chi connectivity index (χ4n) is 3.25. The Labute approximate surface area is 172 Å². The van der Waals surface area contributed by atoms with Crippen molar-refractivity contribution in [3.05, 3.63) is 54.2 Å². The molecule has 0 spiro atoms. The van der Waals surface area contributed by atoms with Crippen LogP contribution in [0.25, 0.3) is 0 Å². The molecule has 1 amide bonds. The van der Waals surface area contributed by atoms with Crippen molar-refractivity contribution in [1.82, 2.24) is 20.4 Å². The number of carbonyl (C=O) groups excluding carboxylic acids is 1. The lowest BCUT2D eigenvalue weighted by molar-refractivity contribution is -0.126. The first-order valence-corrected chi connectivity index (χ1v) is 10.1. The molecule has 1 saturated heterocycles. The fourth-order valence-corrected chi connectivity index (χ4v) is 3.97. The average molecular weight is 411 g/mol. The van der Waals surface area contributed by atoms with Crippen molar-refractivity contribution in [1.29, 1.82) is 0 Å². The number of anilines is 3. The summed E-state index contributed by atoms with van der Waals surface area (Å²) in [5, 5.41) is 23.6. The van der Waals surface area contributed by atoms with Crippen LogP contribution in [0.1, 0.15) is 18.1 Å². The van der Waals surface area contributed by atoms with Crippen LogP contribution in [-0.2, 0) is 9.53 Å². The molecule has 3 heterocycles. The highest BCUT2D eigenvalue weighted by atomic mass is 32.1. The number of amides is 1. The molecular weight excluding hydrogens is 390 g/mol. The number of ether oxygens (including phenoxy) is 1. The van der Waals surface area contributed by atoms with E-state index in [9.17, 15) is 4.79 Å². The minimum absolute atomic E-state index is 0.226. The van der Waals surface area contributed by atoms with Crippen molar-refractivity contribution in [2.45, 2.75) is 18.6 Å². The van der Waals surface area contributed by atoms with E-state index >= 15 is 0 Å². The van der Waals surface area contributed by atoms with E-state index < -0.39 is 6.10 Å². The lowest BCUT2D eigenvalue weighted by Gasteiger charge is -2.16. The SMILES string of the molecule is COC(C(=O)Nc1nnc(NC2CCN(c3cccnn3)C2)s1)c1ccccc1. The van der Waals surface area contributed by atoms with Gasteiger partial charge < -0.3 is 15.0 Å². The number of benzene rings is 1. The zero-order chi connectivity index (χ0) is 20.1. The lowest BCUT2D eigenvalue weighted by Crippen LogP contribution is -2.26. The molecule has 2 atom stereocenters. The number of nitrogens with zero attached hydrogens (tertiary/aromatic N) is 5. The summed E-state index contributed by atoms with van der Waals surface area (Å²) in [6, 6.07) is 13.4. The van der Waals surface area contributed by atoms with Crippen molar-refractivity contribution in [3.8, 4) is 0 Å². The van der Waals surface area contributed by atoms with Crippen molar-refractivity contribution < 1.29 is 9.53 Å². The molecule has 0 saturated carbocycles. The molecule has 29 heavy (non-hydrogen) atoms. The molecular formula is C19H21N7O2S. The van der Waals surface area contributed by atoms with E-state index in [1.165, 1.54) is 18.4 Å². The first kappa shape index (κ1) is 19.2. The Balaban J connectivity index is 1.33. The third kappa shape index (κ3) is 4.66. The van der Waals surface area contributed by atoms with Crippen LogP contribution in [0.4, 0.5) is 16.1 Å². The van der Waals surface area contributed by atoms with Gasteiger partial charge in [0.2, 0.25) is 10.3 Å². The summed E-state index contributed by atoms with van der Waals surface area (Å²) in [4.78, 5) is 14.7. The number of carbonyl (C=O) groups is 1. The van der Waals surface area contributed by atoms with E-state index in [0.717, 1.165) is 30.9 Å². The van der Waals surface area contributed by atoms with Crippen LogP contribution in [0.5, 0.6) is 0 Å². The number of hydrogen-bond acceptors (Lipinski definition) is 9. The third-order valence-electron chi connectivity index (χ3n) is 4.63. The standard InChI is InChI=1S/C19H21N7O2S/c1-28-16(13-6-3-2-4-7-13)17(27)22-19-25-24-18(29-19)21-14-9-11-26(12-14)15-8-5-10-20-23-15/h2-8,10,14,16H,9,11-12H2,1H3,(H,21,24)(H,22,25,27). The van der Waals surface area contributed by atoms with Gasteiger partial charge in [0.05, 0.1) is 0 Å². The summed E-state index contributed by atoms with van der Waals surface area (Å²) < 4.78 is 5.35. The summed E-state index contributed by atoms with van der Waals surface area (Å²) in [5.74, 6) is 0.588.